The molecule has 0 atom stereocenters. The molecule has 0 aromatic heterocycles. The average molecular weight is 315 g/mol. The van der Waals surface area contributed by atoms with Crippen molar-refractivity contribution in [2.24, 2.45) is 4.99 Å². The van der Waals surface area contributed by atoms with Crippen LogP contribution in [0, 0.1) is 17.1 Å². The molecule has 0 radical (unpaired) electrons. The number of nitriles is 1. The molecule has 0 fully saturated rings. The molecule has 5 heteroatoms. The molecule has 0 saturated carbocycles. The van der Waals surface area contributed by atoms with Gasteiger partial charge in [-0.2, -0.15) is 5.26 Å². The fourth-order valence-corrected chi connectivity index (χ4v) is 3.03. The summed E-state index contributed by atoms with van der Waals surface area (Å²) in [4.78, 5) is 6.39. The molecule has 2 rings (SSSR count). The van der Waals surface area contributed by atoms with Gasteiger partial charge >= 0.3 is 0 Å². The van der Waals surface area contributed by atoms with Gasteiger partial charge in [0.05, 0.1) is 11.8 Å². The first-order valence-corrected chi connectivity index (χ1v) is 8.12. The Balaban J connectivity index is 2.08. The van der Waals surface area contributed by atoms with Crippen LogP contribution in [-0.4, -0.2) is 16.6 Å². The van der Waals surface area contributed by atoms with E-state index >= 15 is 0 Å². The largest absolute Gasteiger partial charge is 0.313 e. The monoisotopic (exact) mass is 315 g/mol. The smallest absolute Gasteiger partial charge is 0.169 e. The Morgan fingerprint density at radius 3 is 2.73 bits per heavy atom. The van der Waals surface area contributed by atoms with Gasteiger partial charge in [0.15, 0.2) is 5.17 Å². The lowest BCUT2D eigenvalue weighted by molar-refractivity contribution is 0.619. The van der Waals surface area contributed by atoms with E-state index in [0.29, 0.717) is 5.75 Å². The summed E-state index contributed by atoms with van der Waals surface area (Å²) in [6, 6.07) is 8.57. The number of benzene rings is 1. The molecule has 1 aromatic carbocycles. The first-order valence-electron chi connectivity index (χ1n) is 7.13. The molecular formula is C17H18FN3S. The number of nitrogens with zero attached hydrogens (tertiary/aromatic N) is 3. The Morgan fingerprint density at radius 2 is 2.09 bits per heavy atom. The molecule has 1 aromatic rings. The fourth-order valence-electron chi connectivity index (χ4n) is 2.08. The van der Waals surface area contributed by atoms with Crippen LogP contribution >= 0.6 is 11.8 Å². The predicted molar refractivity (Wildman–Crippen MR) is 89.6 cm³/mol. The molecule has 0 saturated heterocycles. The second-order valence-corrected chi connectivity index (χ2v) is 5.89. The first kappa shape index (κ1) is 16.3. The third-order valence-electron chi connectivity index (χ3n) is 3.20. The molecule has 22 heavy (non-hydrogen) atoms. The maximum Gasteiger partial charge on any atom is 0.169 e. The number of hydrogen-bond acceptors (Lipinski definition) is 4. The van der Waals surface area contributed by atoms with Crippen molar-refractivity contribution in [2.75, 3.05) is 6.54 Å². The number of hydrogen-bond donors (Lipinski definition) is 0. The standard InChI is InChI=1S/C17H18FN3S/c1-3-4-15-11-21(10-9-19)17(20-13(15)2)22-12-14-5-7-16(18)8-6-14/h5-8,11H,2-4,10,12H2,1H3. The van der Waals surface area contributed by atoms with Gasteiger partial charge in [-0.25, -0.2) is 9.38 Å². The third kappa shape index (κ3) is 4.22. The zero-order valence-corrected chi connectivity index (χ0v) is 13.4. The highest BCUT2D eigenvalue weighted by molar-refractivity contribution is 8.13. The lowest BCUT2D eigenvalue weighted by Gasteiger charge is -2.25. The van der Waals surface area contributed by atoms with Crippen molar-refractivity contribution < 1.29 is 4.39 Å². The lowest BCUT2D eigenvalue weighted by Crippen LogP contribution is -2.27. The number of amidine groups is 1. The lowest BCUT2D eigenvalue weighted by atomic mass is 10.1. The summed E-state index contributed by atoms with van der Waals surface area (Å²) in [7, 11) is 0. The Morgan fingerprint density at radius 1 is 1.36 bits per heavy atom. The maximum atomic E-state index is 12.9. The van der Waals surface area contributed by atoms with E-state index in [9.17, 15) is 4.39 Å². The van der Waals surface area contributed by atoms with Crippen LogP contribution in [0.4, 0.5) is 4.39 Å². The summed E-state index contributed by atoms with van der Waals surface area (Å²) >= 11 is 1.53. The van der Waals surface area contributed by atoms with Gasteiger partial charge in [0.25, 0.3) is 0 Å². The molecule has 0 aliphatic carbocycles. The van der Waals surface area contributed by atoms with E-state index in [2.05, 4.69) is 24.6 Å². The molecule has 1 heterocycles. The van der Waals surface area contributed by atoms with E-state index in [1.54, 1.807) is 12.1 Å². The van der Waals surface area contributed by atoms with Crippen molar-refractivity contribution in [3.05, 3.63) is 59.7 Å². The minimum atomic E-state index is -0.240. The van der Waals surface area contributed by atoms with E-state index in [0.717, 1.165) is 34.8 Å². The van der Waals surface area contributed by atoms with E-state index in [-0.39, 0.29) is 12.4 Å². The third-order valence-corrected chi connectivity index (χ3v) is 4.26. The molecule has 0 unspecified atom stereocenters. The van der Waals surface area contributed by atoms with E-state index < -0.39 is 0 Å². The van der Waals surface area contributed by atoms with Gasteiger partial charge < -0.3 is 4.90 Å². The van der Waals surface area contributed by atoms with Crippen LogP contribution in [0.1, 0.15) is 25.3 Å². The first-order chi connectivity index (χ1) is 10.6. The van der Waals surface area contributed by atoms with Crippen LogP contribution in [0.2, 0.25) is 0 Å². The zero-order chi connectivity index (χ0) is 15.9. The van der Waals surface area contributed by atoms with Crippen LogP contribution < -0.4 is 0 Å². The summed E-state index contributed by atoms with van der Waals surface area (Å²) in [5.74, 6) is 0.432. The number of thioether (sulfide) groups is 1. The molecular weight excluding hydrogens is 297 g/mol. The van der Waals surface area contributed by atoms with Gasteiger partial charge in [0.1, 0.15) is 12.4 Å². The molecule has 0 N–H and O–H groups in total. The molecule has 114 valence electrons. The van der Waals surface area contributed by atoms with Gasteiger partial charge in [-0.1, -0.05) is 43.8 Å². The highest BCUT2D eigenvalue weighted by Gasteiger charge is 2.18. The number of halogens is 1. The van der Waals surface area contributed by atoms with Gasteiger partial charge in [-0.3, -0.25) is 0 Å². The van der Waals surface area contributed by atoms with Crippen LogP contribution in [0.3, 0.4) is 0 Å². The second-order valence-electron chi connectivity index (χ2n) is 4.95. The van der Waals surface area contributed by atoms with Crippen LogP contribution in [0.15, 0.2) is 53.3 Å². The highest BCUT2D eigenvalue weighted by Crippen LogP contribution is 2.27. The molecule has 0 spiro atoms. The predicted octanol–water partition coefficient (Wildman–Crippen LogP) is 4.45. The maximum absolute atomic E-state index is 12.9. The summed E-state index contributed by atoms with van der Waals surface area (Å²) in [6.07, 6.45) is 3.88. The molecule has 0 amide bonds. The van der Waals surface area contributed by atoms with Gasteiger partial charge in [0, 0.05) is 12.0 Å². The topological polar surface area (TPSA) is 39.4 Å². The summed E-state index contributed by atoms with van der Waals surface area (Å²) in [5.41, 5.74) is 2.85. The Bertz CT molecular complexity index is 641. The van der Waals surface area contributed by atoms with Crippen molar-refractivity contribution in [1.82, 2.24) is 4.90 Å². The van der Waals surface area contributed by atoms with Gasteiger partial charge in [-0.05, 0) is 29.7 Å². The average Bonchev–Trinajstić information content (AvgIpc) is 2.51. The van der Waals surface area contributed by atoms with Crippen molar-refractivity contribution in [3.63, 3.8) is 0 Å². The quantitative estimate of drug-likeness (QED) is 0.754. The Kier molecular flexibility index (Phi) is 5.79. The minimum Gasteiger partial charge on any atom is -0.313 e. The molecule has 1 aliphatic rings. The van der Waals surface area contributed by atoms with Crippen molar-refractivity contribution in [3.8, 4) is 6.07 Å². The summed E-state index contributed by atoms with van der Waals surface area (Å²) in [5, 5.41) is 9.74. The summed E-state index contributed by atoms with van der Waals surface area (Å²) in [6.45, 7) is 6.36. The second kappa shape index (κ2) is 7.81. The number of aliphatic imine (C=N–C) groups is 1. The van der Waals surface area contributed by atoms with Crippen LogP contribution in [0.25, 0.3) is 0 Å². The van der Waals surface area contributed by atoms with E-state index in [1.165, 1.54) is 23.9 Å². The van der Waals surface area contributed by atoms with Gasteiger partial charge in [0.2, 0.25) is 0 Å². The Labute approximate surface area is 134 Å². The fraction of sp³-hybridized carbons (Fsp3) is 0.294. The zero-order valence-electron chi connectivity index (χ0n) is 12.6. The number of rotatable bonds is 5. The van der Waals surface area contributed by atoms with E-state index in [4.69, 9.17) is 5.26 Å². The van der Waals surface area contributed by atoms with Gasteiger partial charge in [-0.15, -0.1) is 0 Å². The molecule has 1 aliphatic heterocycles. The highest BCUT2D eigenvalue weighted by atomic mass is 32.2. The molecule has 3 nitrogen and oxygen atoms in total. The van der Waals surface area contributed by atoms with E-state index in [1.807, 2.05) is 11.1 Å². The SMILES string of the molecule is C=C1N=C(SCc2ccc(F)cc2)N(CC#N)C=C1CCC. The van der Waals surface area contributed by atoms with Crippen molar-refractivity contribution in [2.45, 2.75) is 25.5 Å². The van der Waals surface area contributed by atoms with Crippen molar-refractivity contribution in [1.29, 1.82) is 5.26 Å². The van der Waals surface area contributed by atoms with Crippen molar-refractivity contribution >= 4 is 16.9 Å². The normalized spacial score (nSPS) is 14.4. The molecule has 0 bridgehead atoms. The van der Waals surface area contributed by atoms with Crippen LogP contribution in [0.5, 0.6) is 0 Å². The summed E-state index contributed by atoms with van der Waals surface area (Å²) < 4.78 is 12.9. The minimum absolute atomic E-state index is 0.240. The van der Waals surface area contributed by atoms with Crippen LogP contribution in [-0.2, 0) is 5.75 Å². The Hall–Kier alpha value is -2.06. The number of allylic oxidation sites excluding steroid dienone is 1.